The van der Waals surface area contributed by atoms with Crippen molar-refractivity contribution in [2.75, 3.05) is 31.1 Å². The Morgan fingerprint density at radius 2 is 1.76 bits per heavy atom. The van der Waals surface area contributed by atoms with E-state index in [9.17, 15) is 13.6 Å². The van der Waals surface area contributed by atoms with E-state index in [1.807, 2.05) is 26.0 Å². The second-order valence-electron chi connectivity index (χ2n) is 7.01. The van der Waals surface area contributed by atoms with Crippen molar-refractivity contribution in [1.82, 2.24) is 9.88 Å². The summed E-state index contributed by atoms with van der Waals surface area (Å²) in [6.45, 7) is 10.9. The minimum Gasteiger partial charge on any atom is -0.302 e. The van der Waals surface area contributed by atoms with E-state index in [0.717, 1.165) is 41.6 Å². The molecule has 1 heterocycles. The van der Waals surface area contributed by atoms with Crippen LogP contribution in [0.25, 0.3) is 10.2 Å². The molecule has 0 bridgehead atoms. The fourth-order valence-electron chi connectivity index (χ4n) is 3.16. The van der Waals surface area contributed by atoms with Crippen LogP contribution >= 0.6 is 11.3 Å². The summed E-state index contributed by atoms with van der Waals surface area (Å²) in [5.41, 5.74) is 2.77. The van der Waals surface area contributed by atoms with Crippen LogP contribution in [-0.4, -0.2) is 42.0 Å². The van der Waals surface area contributed by atoms with Gasteiger partial charge in [-0.05, 0) is 56.3 Å². The minimum absolute atomic E-state index is 0.0899. The van der Waals surface area contributed by atoms with Crippen LogP contribution in [0, 0.1) is 25.5 Å². The molecule has 3 rings (SSSR count). The van der Waals surface area contributed by atoms with Gasteiger partial charge in [-0.2, -0.15) is 0 Å². The molecule has 29 heavy (non-hydrogen) atoms. The molecule has 3 aromatic rings. The zero-order valence-corrected chi connectivity index (χ0v) is 17.9. The number of benzene rings is 2. The van der Waals surface area contributed by atoms with Gasteiger partial charge in [0, 0.05) is 24.7 Å². The van der Waals surface area contributed by atoms with Crippen molar-refractivity contribution in [3.8, 4) is 0 Å². The molecule has 1 amide bonds. The first-order chi connectivity index (χ1) is 13.8. The molecule has 0 N–H and O–H groups in total. The van der Waals surface area contributed by atoms with Crippen molar-refractivity contribution < 1.29 is 13.6 Å². The lowest BCUT2D eigenvalue weighted by molar-refractivity contribution is 0.0983. The van der Waals surface area contributed by atoms with Gasteiger partial charge >= 0.3 is 0 Å². The molecule has 0 saturated heterocycles. The highest BCUT2D eigenvalue weighted by atomic mass is 32.1. The largest absolute Gasteiger partial charge is 0.302 e. The molecular formula is C22H25F2N3OS. The first-order valence-corrected chi connectivity index (χ1v) is 10.5. The number of aromatic nitrogens is 1. The molecule has 0 radical (unpaired) electrons. The van der Waals surface area contributed by atoms with Gasteiger partial charge in [-0.15, -0.1) is 0 Å². The summed E-state index contributed by atoms with van der Waals surface area (Å²) >= 11 is 1.13. The molecule has 0 saturated carbocycles. The normalized spacial score (nSPS) is 11.4. The van der Waals surface area contributed by atoms with Gasteiger partial charge in [0.1, 0.15) is 11.3 Å². The number of hydrogen-bond donors (Lipinski definition) is 0. The standard InChI is InChI=1S/C22H25F2N3OS/c1-5-26(6-2)9-10-27(21(28)16-8-7-14(3)15(4)11-16)22-25-20-18(24)12-17(23)13-19(20)29-22/h7-8,11-13H,5-6,9-10H2,1-4H3. The maximum absolute atomic E-state index is 14.2. The number of carbonyl (C=O) groups is 1. The summed E-state index contributed by atoms with van der Waals surface area (Å²) in [4.78, 5) is 21.4. The average molecular weight is 418 g/mol. The van der Waals surface area contributed by atoms with Crippen LogP contribution in [0.2, 0.25) is 0 Å². The fourth-order valence-corrected chi connectivity index (χ4v) is 4.19. The van der Waals surface area contributed by atoms with E-state index in [1.54, 1.807) is 11.0 Å². The lowest BCUT2D eigenvalue weighted by Crippen LogP contribution is -2.38. The van der Waals surface area contributed by atoms with E-state index in [2.05, 4.69) is 23.7 Å². The molecule has 0 aliphatic heterocycles. The lowest BCUT2D eigenvalue weighted by atomic mass is 10.1. The van der Waals surface area contributed by atoms with Gasteiger partial charge in [0.2, 0.25) is 0 Å². The van der Waals surface area contributed by atoms with Gasteiger partial charge in [0.15, 0.2) is 10.9 Å². The number of anilines is 1. The molecule has 1 aromatic heterocycles. The number of halogens is 2. The Balaban J connectivity index is 2.01. The summed E-state index contributed by atoms with van der Waals surface area (Å²) in [6, 6.07) is 7.64. The second kappa shape index (κ2) is 8.97. The number of likely N-dealkylation sites (N-methyl/N-ethyl adjacent to an activating group) is 1. The highest BCUT2D eigenvalue weighted by Gasteiger charge is 2.23. The van der Waals surface area contributed by atoms with Crippen LogP contribution in [0.3, 0.4) is 0 Å². The Morgan fingerprint density at radius 3 is 2.41 bits per heavy atom. The molecule has 154 valence electrons. The van der Waals surface area contributed by atoms with Crippen LogP contribution < -0.4 is 4.90 Å². The predicted molar refractivity (Wildman–Crippen MR) is 115 cm³/mol. The van der Waals surface area contributed by atoms with E-state index in [1.165, 1.54) is 6.07 Å². The Bertz CT molecular complexity index is 1030. The number of amides is 1. The van der Waals surface area contributed by atoms with E-state index in [0.29, 0.717) is 28.5 Å². The van der Waals surface area contributed by atoms with Gasteiger partial charge in [-0.25, -0.2) is 13.8 Å². The quantitative estimate of drug-likeness (QED) is 0.531. The number of aryl methyl sites for hydroxylation is 2. The molecule has 0 spiro atoms. The molecule has 0 unspecified atom stereocenters. The highest BCUT2D eigenvalue weighted by molar-refractivity contribution is 7.22. The summed E-state index contributed by atoms with van der Waals surface area (Å²) in [5.74, 6) is -1.56. The smallest absolute Gasteiger partial charge is 0.260 e. The molecule has 7 heteroatoms. The van der Waals surface area contributed by atoms with Crippen molar-refractivity contribution >= 4 is 32.6 Å². The van der Waals surface area contributed by atoms with E-state index in [-0.39, 0.29) is 11.4 Å². The fraction of sp³-hybridized carbons (Fsp3) is 0.364. The highest BCUT2D eigenvalue weighted by Crippen LogP contribution is 2.32. The number of fused-ring (bicyclic) bond motifs is 1. The number of rotatable bonds is 7. The maximum atomic E-state index is 14.2. The summed E-state index contributed by atoms with van der Waals surface area (Å²) in [5, 5.41) is 0.375. The first kappa shape index (κ1) is 21.3. The molecule has 0 fully saturated rings. The number of hydrogen-bond acceptors (Lipinski definition) is 4. The average Bonchev–Trinajstić information content (AvgIpc) is 3.11. The third kappa shape index (κ3) is 4.62. The van der Waals surface area contributed by atoms with E-state index < -0.39 is 11.6 Å². The molecular weight excluding hydrogens is 392 g/mol. The molecule has 0 atom stereocenters. The number of nitrogens with zero attached hydrogens (tertiary/aromatic N) is 3. The van der Waals surface area contributed by atoms with Gasteiger partial charge < -0.3 is 4.90 Å². The third-order valence-electron chi connectivity index (χ3n) is 5.17. The topological polar surface area (TPSA) is 36.4 Å². The number of carbonyl (C=O) groups excluding carboxylic acids is 1. The molecule has 0 aliphatic carbocycles. The zero-order chi connectivity index (χ0) is 21.1. The van der Waals surface area contributed by atoms with Crippen molar-refractivity contribution in [1.29, 1.82) is 0 Å². The minimum atomic E-state index is -0.718. The monoisotopic (exact) mass is 417 g/mol. The van der Waals surface area contributed by atoms with E-state index >= 15 is 0 Å². The van der Waals surface area contributed by atoms with Gasteiger partial charge in [-0.3, -0.25) is 9.69 Å². The summed E-state index contributed by atoms with van der Waals surface area (Å²) in [7, 11) is 0. The summed E-state index contributed by atoms with van der Waals surface area (Å²) < 4.78 is 28.2. The molecule has 2 aromatic carbocycles. The van der Waals surface area contributed by atoms with Crippen molar-refractivity contribution in [2.24, 2.45) is 0 Å². The predicted octanol–water partition coefficient (Wildman–Crippen LogP) is 5.18. The van der Waals surface area contributed by atoms with Gasteiger partial charge in [-0.1, -0.05) is 31.3 Å². The Labute approximate surface area is 173 Å². The van der Waals surface area contributed by atoms with Crippen LogP contribution in [0.5, 0.6) is 0 Å². The Kier molecular flexibility index (Phi) is 6.59. The first-order valence-electron chi connectivity index (χ1n) is 9.71. The second-order valence-corrected chi connectivity index (χ2v) is 8.02. The van der Waals surface area contributed by atoms with Crippen molar-refractivity contribution in [3.63, 3.8) is 0 Å². The van der Waals surface area contributed by atoms with Crippen LogP contribution in [0.1, 0.15) is 35.3 Å². The van der Waals surface area contributed by atoms with E-state index in [4.69, 9.17) is 0 Å². The lowest BCUT2D eigenvalue weighted by Gasteiger charge is -2.25. The number of thiazole rings is 1. The third-order valence-corrected chi connectivity index (χ3v) is 6.19. The van der Waals surface area contributed by atoms with Crippen molar-refractivity contribution in [2.45, 2.75) is 27.7 Å². The van der Waals surface area contributed by atoms with Crippen molar-refractivity contribution in [3.05, 3.63) is 58.7 Å². The Morgan fingerprint density at radius 1 is 1.03 bits per heavy atom. The van der Waals surface area contributed by atoms with Gasteiger partial charge in [0.05, 0.1) is 4.70 Å². The molecule has 0 aliphatic rings. The van der Waals surface area contributed by atoms with Crippen LogP contribution in [-0.2, 0) is 0 Å². The van der Waals surface area contributed by atoms with Crippen LogP contribution in [0.15, 0.2) is 30.3 Å². The zero-order valence-electron chi connectivity index (χ0n) is 17.1. The summed E-state index contributed by atoms with van der Waals surface area (Å²) in [6.07, 6.45) is 0. The molecule has 4 nitrogen and oxygen atoms in total. The maximum Gasteiger partial charge on any atom is 0.260 e. The Hall–Kier alpha value is -2.38. The SMILES string of the molecule is CCN(CC)CCN(C(=O)c1ccc(C)c(C)c1)c1nc2c(F)cc(F)cc2s1. The van der Waals surface area contributed by atoms with Crippen LogP contribution in [0.4, 0.5) is 13.9 Å². The van der Waals surface area contributed by atoms with Gasteiger partial charge in [0.25, 0.3) is 5.91 Å².